The molecule has 0 aromatic heterocycles. The lowest BCUT2D eigenvalue weighted by Crippen LogP contribution is -2.31. The number of nitrogens with one attached hydrogen (secondary N) is 1. The van der Waals surface area contributed by atoms with Crippen molar-refractivity contribution in [1.82, 2.24) is 5.32 Å². The van der Waals surface area contributed by atoms with Gasteiger partial charge in [0.15, 0.2) is 0 Å². The van der Waals surface area contributed by atoms with Crippen LogP contribution in [-0.2, 0) is 0 Å². The first-order valence-corrected chi connectivity index (χ1v) is 8.17. The standard InChI is InChI=1S/C18H27N/c1-2-14-7-6-10-16(12-11-14)19-18-13-17(18)15-8-4-3-5-9-15/h3-5,8-9,14,16-19H,2,6-7,10-13H2,1H3. The van der Waals surface area contributed by atoms with Gasteiger partial charge in [0, 0.05) is 18.0 Å². The summed E-state index contributed by atoms with van der Waals surface area (Å²) in [4.78, 5) is 0. The number of hydrogen-bond donors (Lipinski definition) is 1. The highest BCUT2D eigenvalue weighted by Gasteiger charge is 2.39. The maximum Gasteiger partial charge on any atom is 0.0145 e. The lowest BCUT2D eigenvalue weighted by molar-refractivity contribution is 0.423. The molecule has 1 aromatic carbocycles. The van der Waals surface area contributed by atoms with Crippen molar-refractivity contribution in [2.24, 2.45) is 5.92 Å². The third-order valence-electron chi connectivity index (χ3n) is 5.13. The molecule has 2 saturated carbocycles. The number of hydrogen-bond acceptors (Lipinski definition) is 1. The van der Waals surface area contributed by atoms with Crippen LogP contribution >= 0.6 is 0 Å². The van der Waals surface area contributed by atoms with Gasteiger partial charge in [0.2, 0.25) is 0 Å². The smallest absolute Gasteiger partial charge is 0.0145 e. The summed E-state index contributed by atoms with van der Waals surface area (Å²) in [5, 5.41) is 3.93. The molecule has 0 heterocycles. The van der Waals surface area contributed by atoms with Gasteiger partial charge in [-0.3, -0.25) is 0 Å². The Kier molecular flexibility index (Phi) is 4.22. The van der Waals surface area contributed by atoms with Crippen LogP contribution in [0.2, 0.25) is 0 Å². The highest BCUT2D eigenvalue weighted by molar-refractivity contribution is 5.27. The summed E-state index contributed by atoms with van der Waals surface area (Å²) in [6, 6.07) is 12.6. The molecule has 104 valence electrons. The molecule has 0 amide bonds. The van der Waals surface area contributed by atoms with Gasteiger partial charge < -0.3 is 5.32 Å². The molecule has 0 radical (unpaired) electrons. The molecule has 1 N–H and O–H groups in total. The molecule has 0 saturated heterocycles. The molecule has 3 rings (SSSR count). The summed E-state index contributed by atoms with van der Waals surface area (Å²) in [5.74, 6) is 1.78. The Morgan fingerprint density at radius 3 is 2.68 bits per heavy atom. The molecule has 4 atom stereocenters. The Balaban J connectivity index is 1.48. The molecule has 19 heavy (non-hydrogen) atoms. The third kappa shape index (κ3) is 3.39. The summed E-state index contributed by atoms with van der Waals surface area (Å²) in [6.07, 6.45) is 9.85. The zero-order chi connectivity index (χ0) is 13.1. The van der Waals surface area contributed by atoms with Gasteiger partial charge in [0.25, 0.3) is 0 Å². The van der Waals surface area contributed by atoms with Gasteiger partial charge in [-0.2, -0.15) is 0 Å². The average Bonchev–Trinajstić information content (AvgIpc) is 3.24. The molecule has 0 spiro atoms. The minimum absolute atomic E-state index is 0.755. The van der Waals surface area contributed by atoms with Crippen LogP contribution in [0, 0.1) is 5.92 Å². The van der Waals surface area contributed by atoms with Crippen molar-refractivity contribution < 1.29 is 0 Å². The molecule has 2 fully saturated rings. The lowest BCUT2D eigenvalue weighted by atomic mass is 9.98. The quantitative estimate of drug-likeness (QED) is 0.784. The van der Waals surface area contributed by atoms with E-state index in [0.29, 0.717) is 0 Å². The lowest BCUT2D eigenvalue weighted by Gasteiger charge is -2.16. The number of rotatable bonds is 4. The fourth-order valence-electron chi connectivity index (χ4n) is 3.70. The normalized spacial score (nSPS) is 34.8. The molecule has 1 nitrogen and oxygen atoms in total. The monoisotopic (exact) mass is 257 g/mol. The molecule has 0 bridgehead atoms. The Hall–Kier alpha value is -0.820. The fourth-order valence-corrected chi connectivity index (χ4v) is 3.70. The summed E-state index contributed by atoms with van der Waals surface area (Å²) in [7, 11) is 0. The summed E-state index contributed by atoms with van der Waals surface area (Å²) in [6.45, 7) is 2.35. The van der Waals surface area contributed by atoms with E-state index in [2.05, 4.69) is 42.6 Å². The van der Waals surface area contributed by atoms with Gasteiger partial charge in [-0.15, -0.1) is 0 Å². The van der Waals surface area contributed by atoms with Crippen LogP contribution in [0.3, 0.4) is 0 Å². The van der Waals surface area contributed by atoms with Crippen molar-refractivity contribution in [1.29, 1.82) is 0 Å². The van der Waals surface area contributed by atoms with Crippen molar-refractivity contribution in [2.45, 2.75) is 69.9 Å². The highest BCUT2D eigenvalue weighted by atomic mass is 15.0. The number of benzene rings is 1. The minimum atomic E-state index is 0.755. The summed E-state index contributed by atoms with van der Waals surface area (Å²) >= 11 is 0. The predicted octanol–water partition coefficient (Wildman–Crippen LogP) is 4.49. The molecule has 1 aromatic rings. The van der Waals surface area contributed by atoms with E-state index in [9.17, 15) is 0 Å². The second-order valence-electron chi connectivity index (χ2n) is 6.51. The largest absolute Gasteiger partial charge is 0.311 e. The van der Waals surface area contributed by atoms with Crippen LogP contribution in [0.25, 0.3) is 0 Å². The van der Waals surface area contributed by atoms with E-state index in [1.165, 1.54) is 50.5 Å². The van der Waals surface area contributed by atoms with Crippen LogP contribution in [0.5, 0.6) is 0 Å². The Morgan fingerprint density at radius 1 is 1.05 bits per heavy atom. The van der Waals surface area contributed by atoms with Gasteiger partial charge in [0.1, 0.15) is 0 Å². The Morgan fingerprint density at radius 2 is 1.89 bits per heavy atom. The van der Waals surface area contributed by atoms with Gasteiger partial charge in [0.05, 0.1) is 0 Å². The second kappa shape index (κ2) is 6.09. The summed E-state index contributed by atoms with van der Waals surface area (Å²) in [5.41, 5.74) is 1.53. The second-order valence-corrected chi connectivity index (χ2v) is 6.51. The van der Waals surface area contributed by atoms with Gasteiger partial charge >= 0.3 is 0 Å². The van der Waals surface area contributed by atoms with Gasteiger partial charge in [-0.25, -0.2) is 0 Å². The zero-order valence-electron chi connectivity index (χ0n) is 12.1. The molecule has 1 heteroatoms. The van der Waals surface area contributed by atoms with Crippen molar-refractivity contribution in [3.63, 3.8) is 0 Å². The van der Waals surface area contributed by atoms with Crippen LogP contribution in [0.15, 0.2) is 30.3 Å². The van der Waals surface area contributed by atoms with E-state index in [4.69, 9.17) is 0 Å². The maximum absolute atomic E-state index is 3.93. The van der Waals surface area contributed by atoms with Crippen LogP contribution < -0.4 is 5.32 Å². The minimum Gasteiger partial charge on any atom is -0.311 e. The first-order chi connectivity index (χ1) is 9.36. The van der Waals surface area contributed by atoms with Crippen LogP contribution in [0.1, 0.15) is 63.4 Å². The van der Waals surface area contributed by atoms with E-state index in [1.54, 1.807) is 0 Å². The van der Waals surface area contributed by atoms with Crippen molar-refractivity contribution in [3.8, 4) is 0 Å². The van der Waals surface area contributed by atoms with E-state index in [-0.39, 0.29) is 0 Å². The predicted molar refractivity (Wildman–Crippen MR) is 81.4 cm³/mol. The SMILES string of the molecule is CCC1CCCC(NC2CC2c2ccccc2)CC1. The molecule has 2 aliphatic carbocycles. The Labute approximate surface area is 117 Å². The molecule has 2 aliphatic rings. The van der Waals surface area contributed by atoms with E-state index >= 15 is 0 Å². The molecule has 0 aliphatic heterocycles. The zero-order valence-corrected chi connectivity index (χ0v) is 12.1. The van der Waals surface area contributed by atoms with Crippen LogP contribution in [-0.4, -0.2) is 12.1 Å². The van der Waals surface area contributed by atoms with Crippen molar-refractivity contribution in [2.75, 3.05) is 0 Å². The van der Waals surface area contributed by atoms with E-state index in [1.807, 2.05) is 0 Å². The summed E-state index contributed by atoms with van der Waals surface area (Å²) < 4.78 is 0. The molecule has 4 unspecified atom stereocenters. The first kappa shape index (κ1) is 13.2. The maximum atomic E-state index is 3.93. The van der Waals surface area contributed by atoms with Gasteiger partial charge in [-0.1, -0.05) is 56.5 Å². The van der Waals surface area contributed by atoms with E-state index < -0.39 is 0 Å². The third-order valence-corrected chi connectivity index (χ3v) is 5.13. The van der Waals surface area contributed by atoms with Gasteiger partial charge in [-0.05, 0) is 37.2 Å². The van der Waals surface area contributed by atoms with Crippen molar-refractivity contribution in [3.05, 3.63) is 35.9 Å². The van der Waals surface area contributed by atoms with Crippen LogP contribution in [0.4, 0.5) is 0 Å². The fraction of sp³-hybridized carbons (Fsp3) is 0.667. The highest BCUT2D eigenvalue weighted by Crippen LogP contribution is 2.41. The average molecular weight is 257 g/mol. The Bertz CT molecular complexity index is 386. The van der Waals surface area contributed by atoms with Crippen molar-refractivity contribution >= 4 is 0 Å². The first-order valence-electron chi connectivity index (χ1n) is 8.17. The molecular formula is C18H27N. The topological polar surface area (TPSA) is 12.0 Å². The molecular weight excluding hydrogens is 230 g/mol. The van der Waals surface area contributed by atoms with E-state index in [0.717, 1.165) is 23.9 Å².